The predicted molar refractivity (Wildman–Crippen MR) is 107 cm³/mol. The maximum atomic E-state index is 5.96. The van der Waals surface area contributed by atoms with Crippen LogP contribution < -0.4 is 9.47 Å². The van der Waals surface area contributed by atoms with Gasteiger partial charge in [0.2, 0.25) is 0 Å². The van der Waals surface area contributed by atoms with Crippen LogP contribution in [0.2, 0.25) is 5.02 Å². The van der Waals surface area contributed by atoms with E-state index in [1.165, 1.54) is 5.56 Å². The Morgan fingerprint density at radius 1 is 1.07 bits per heavy atom. The summed E-state index contributed by atoms with van der Waals surface area (Å²) in [5, 5.41) is 0.686. The van der Waals surface area contributed by atoms with Crippen molar-refractivity contribution in [2.24, 2.45) is 7.05 Å². The summed E-state index contributed by atoms with van der Waals surface area (Å²) in [6, 6.07) is 15.6. The van der Waals surface area contributed by atoms with E-state index in [4.69, 9.17) is 21.1 Å². The first-order valence-corrected chi connectivity index (χ1v) is 9.23. The Morgan fingerprint density at radius 2 is 1.89 bits per heavy atom. The van der Waals surface area contributed by atoms with E-state index < -0.39 is 0 Å². The largest absolute Gasteiger partial charge is 0.492 e. The van der Waals surface area contributed by atoms with Crippen molar-refractivity contribution in [1.29, 1.82) is 0 Å². The van der Waals surface area contributed by atoms with Gasteiger partial charge in [-0.15, -0.1) is 0 Å². The maximum absolute atomic E-state index is 5.96. The Morgan fingerprint density at radius 3 is 2.59 bits per heavy atom. The molecule has 1 aromatic heterocycles. The SMILES string of the molecule is CN(CCOc1cccc(Cl)c1)Cc1ccc(OCc2nccn2C)cc1. The van der Waals surface area contributed by atoms with Crippen LogP contribution in [0.3, 0.4) is 0 Å². The number of hydrogen-bond acceptors (Lipinski definition) is 4. The fraction of sp³-hybridized carbons (Fsp3) is 0.286. The Kier molecular flexibility index (Phi) is 6.74. The summed E-state index contributed by atoms with van der Waals surface area (Å²) in [5.74, 6) is 2.54. The van der Waals surface area contributed by atoms with Gasteiger partial charge in [-0.2, -0.15) is 0 Å². The summed E-state index contributed by atoms with van der Waals surface area (Å²) in [7, 11) is 4.04. The van der Waals surface area contributed by atoms with Gasteiger partial charge in [-0.1, -0.05) is 29.8 Å². The minimum atomic E-state index is 0.462. The van der Waals surface area contributed by atoms with Crippen LogP contribution in [0.1, 0.15) is 11.4 Å². The van der Waals surface area contributed by atoms with Crippen LogP contribution in [0.15, 0.2) is 60.9 Å². The van der Waals surface area contributed by atoms with Crippen molar-refractivity contribution < 1.29 is 9.47 Å². The number of hydrogen-bond donors (Lipinski definition) is 0. The standard InChI is InChI=1S/C21H24ClN3O2/c1-24(12-13-26-20-5-3-4-18(22)14-20)15-17-6-8-19(9-7-17)27-16-21-23-10-11-25(21)2/h3-11,14H,12-13,15-16H2,1-2H3. The summed E-state index contributed by atoms with van der Waals surface area (Å²) in [6.45, 7) is 2.74. The van der Waals surface area contributed by atoms with E-state index in [1.54, 1.807) is 6.20 Å². The topological polar surface area (TPSA) is 39.5 Å². The smallest absolute Gasteiger partial charge is 0.146 e. The van der Waals surface area contributed by atoms with Gasteiger partial charge in [-0.3, -0.25) is 4.90 Å². The molecule has 2 aromatic carbocycles. The third-order valence-corrected chi connectivity index (χ3v) is 4.44. The lowest BCUT2D eigenvalue weighted by atomic mass is 10.2. The highest BCUT2D eigenvalue weighted by molar-refractivity contribution is 6.30. The number of ether oxygens (including phenoxy) is 2. The second kappa shape index (κ2) is 9.44. The van der Waals surface area contributed by atoms with E-state index in [2.05, 4.69) is 29.1 Å². The summed E-state index contributed by atoms with van der Waals surface area (Å²) in [4.78, 5) is 6.47. The fourth-order valence-corrected chi connectivity index (χ4v) is 2.82. The molecule has 1 heterocycles. The maximum Gasteiger partial charge on any atom is 0.146 e. The fourth-order valence-electron chi connectivity index (χ4n) is 2.64. The van der Waals surface area contributed by atoms with Gasteiger partial charge >= 0.3 is 0 Å². The second-order valence-electron chi connectivity index (χ2n) is 6.43. The average molecular weight is 386 g/mol. The first-order chi connectivity index (χ1) is 13.1. The van der Waals surface area contributed by atoms with Crippen LogP contribution in [0.4, 0.5) is 0 Å². The molecule has 6 heteroatoms. The third kappa shape index (κ3) is 6.01. The van der Waals surface area contributed by atoms with Crippen LogP contribution in [-0.4, -0.2) is 34.7 Å². The lowest BCUT2D eigenvalue weighted by Gasteiger charge is -2.17. The lowest BCUT2D eigenvalue weighted by molar-refractivity contribution is 0.232. The highest BCUT2D eigenvalue weighted by Gasteiger charge is 2.04. The number of benzene rings is 2. The van der Waals surface area contributed by atoms with Crippen molar-refractivity contribution in [3.8, 4) is 11.5 Å². The number of aryl methyl sites for hydroxylation is 1. The molecule has 0 fully saturated rings. The van der Waals surface area contributed by atoms with Gasteiger partial charge in [-0.25, -0.2) is 4.98 Å². The molecule has 0 aliphatic rings. The first kappa shape index (κ1) is 19.3. The van der Waals surface area contributed by atoms with Gasteiger partial charge in [-0.05, 0) is 42.9 Å². The first-order valence-electron chi connectivity index (χ1n) is 8.85. The zero-order chi connectivity index (χ0) is 19.1. The Balaban J connectivity index is 1.41. The molecule has 0 spiro atoms. The van der Waals surface area contributed by atoms with Crippen molar-refractivity contribution in [3.63, 3.8) is 0 Å². The molecule has 0 unspecified atom stereocenters. The van der Waals surface area contributed by atoms with E-state index >= 15 is 0 Å². The summed E-state index contributed by atoms with van der Waals surface area (Å²) < 4.78 is 13.5. The van der Waals surface area contributed by atoms with Crippen molar-refractivity contribution in [3.05, 3.63) is 77.3 Å². The van der Waals surface area contributed by atoms with Gasteiger partial charge < -0.3 is 14.0 Å². The zero-order valence-corrected chi connectivity index (χ0v) is 16.4. The zero-order valence-electron chi connectivity index (χ0n) is 15.6. The van der Waals surface area contributed by atoms with Gasteiger partial charge in [0.1, 0.15) is 30.5 Å². The number of imidazole rings is 1. The highest BCUT2D eigenvalue weighted by atomic mass is 35.5. The highest BCUT2D eigenvalue weighted by Crippen LogP contribution is 2.17. The molecule has 0 bridgehead atoms. The molecule has 0 saturated heterocycles. The van der Waals surface area contributed by atoms with Crippen molar-refractivity contribution >= 4 is 11.6 Å². The molecule has 0 aliphatic carbocycles. The van der Waals surface area contributed by atoms with Crippen LogP contribution in [0.25, 0.3) is 0 Å². The van der Waals surface area contributed by atoms with Crippen LogP contribution >= 0.6 is 11.6 Å². The molecule has 0 saturated carbocycles. The Hall–Kier alpha value is -2.50. The molecule has 5 nitrogen and oxygen atoms in total. The minimum Gasteiger partial charge on any atom is -0.492 e. The van der Waals surface area contributed by atoms with Crippen LogP contribution in [-0.2, 0) is 20.2 Å². The molecule has 27 heavy (non-hydrogen) atoms. The molecule has 3 aromatic rings. The van der Waals surface area contributed by atoms with Crippen LogP contribution in [0, 0.1) is 0 Å². The number of rotatable bonds is 9. The average Bonchev–Trinajstić information content (AvgIpc) is 3.06. The van der Waals surface area contributed by atoms with Gasteiger partial charge in [0.15, 0.2) is 0 Å². The van der Waals surface area contributed by atoms with Crippen LogP contribution in [0.5, 0.6) is 11.5 Å². The predicted octanol–water partition coefficient (Wildman–Crippen LogP) is 4.16. The summed E-state index contributed by atoms with van der Waals surface area (Å²) in [5.41, 5.74) is 1.23. The quantitative estimate of drug-likeness (QED) is 0.554. The van der Waals surface area contributed by atoms with E-state index in [0.717, 1.165) is 30.4 Å². The Labute approximate surface area is 165 Å². The number of aromatic nitrogens is 2. The van der Waals surface area contributed by atoms with E-state index in [0.29, 0.717) is 18.2 Å². The molecule has 0 atom stereocenters. The number of likely N-dealkylation sites (N-methyl/N-ethyl adjacent to an activating group) is 1. The van der Waals surface area contributed by atoms with Gasteiger partial charge in [0.25, 0.3) is 0 Å². The molecule has 0 radical (unpaired) electrons. The molecular weight excluding hydrogens is 362 g/mol. The molecule has 3 rings (SSSR count). The lowest BCUT2D eigenvalue weighted by Crippen LogP contribution is -2.23. The summed E-state index contributed by atoms with van der Waals surface area (Å²) >= 11 is 5.96. The number of halogens is 1. The normalized spacial score (nSPS) is 11.0. The van der Waals surface area contributed by atoms with Crippen molar-refractivity contribution in [2.75, 3.05) is 20.2 Å². The van der Waals surface area contributed by atoms with Gasteiger partial charge in [0.05, 0.1) is 0 Å². The molecule has 142 valence electrons. The third-order valence-electron chi connectivity index (χ3n) is 4.20. The molecular formula is C21H24ClN3O2. The van der Waals surface area contributed by atoms with E-state index in [-0.39, 0.29) is 0 Å². The Bertz CT molecular complexity index is 849. The second-order valence-corrected chi connectivity index (χ2v) is 6.87. The minimum absolute atomic E-state index is 0.462. The van der Waals surface area contributed by atoms with Gasteiger partial charge in [0, 0.05) is 37.6 Å². The molecule has 0 aliphatic heterocycles. The summed E-state index contributed by atoms with van der Waals surface area (Å²) in [6.07, 6.45) is 3.68. The molecule has 0 N–H and O–H groups in total. The monoisotopic (exact) mass is 385 g/mol. The van der Waals surface area contributed by atoms with Crippen molar-refractivity contribution in [2.45, 2.75) is 13.2 Å². The van der Waals surface area contributed by atoms with E-state index in [1.807, 2.05) is 54.2 Å². The van der Waals surface area contributed by atoms with E-state index in [9.17, 15) is 0 Å². The number of nitrogens with zero attached hydrogens (tertiary/aromatic N) is 3. The molecule has 0 amide bonds. The van der Waals surface area contributed by atoms with Crippen molar-refractivity contribution in [1.82, 2.24) is 14.5 Å².